The normalized spacial score (nSPS) is 12.8. The molecule has 23 heavy (non-hydrogen) atoms. The molecule has 2 rings (SSSR count). The first-order valence-corrected chi connectivity index (χ1v) is 7.39. The molecule has 0 radical (unpaired) electrons. The third-order valence-corrected chi connectivity index (χ3v) is 3.41. The molecule has 2 atom stereocenters. The van der Waals surface area contributed by atoms with Gasteiger partial charge in [-0.05, 0) is 25.0 Å². The number of hydrogen-bond acceptors (Lipinski definition) is 2. The quantitative estimate of drug-likeness (QED) is 0.849. The number of carbonyl (C=O) groups is 1. The molecule has 0 saturated carbocycles. The number of nitrogens with two attached hydrogens (primary N) is 1. The van der Waals surface area contributed by atoms with Gasteiger partial charge in [-0.3, -0.25) is 4.79 Å². The maximum Gasteiger partial charge on any atom is 0.222 e. The zero-order valence-corrected chi connectivity index (χ0v) is 13.9. The van der Waals surface area contributed by atoms with Gasteiger partial charge in [0.2, 0.25) is 5.91 Å². The Morgan fingerprint density at radius 1 is 1.13 bits per heavy atom. The van der Waals surface area contributed by atoms with Gasteiger partial charge >= 0.3 is 0 Å². The van der Waals surface area contributed by atoms with Crippen LogP contribution in [0, 0.1) is 5.82 Å². The Bertz CT molecular complexity index is 619. The Morgan fingerprint density at radius 2 is 1.74 bits per heavy atom. The molecule has 2 unspecified atom stereocenters. The van der Waals surface area contributed by atoms with Crippen molar-refractivity contribution in [3.8, 4) is 0 Å². The largest absolute Gasteiger partial charge is 0.349 e. The molecule has 3 nitrogen and oxygen atoms in total. The predicted octanol–water partition coefficient (Wildman–Crippen LogP) is 3.38. The van der Waals surface area contributed by atoms with E-state index in [1.54, 1.807) is 25.1 Å². The molecule has 0 heterocycles. The predicted molar refractivity (Wildman–Crippen MR) is 92.9 cm³/mol. The molecule has 0 saturated heterocycles. The highest BCUT2D eigenvalue weighted by Crippen LogP contribution is 2.21. The van der Waals surface area contributed by atoms with E-state index in [1.807, 2.05) is 30.3 Å². The molecule has 0 aromatic heterocycles. The van der Waals surface area contributed by atoms with Gasteiger partial charge in [0.15, 0.2) is 0 Å². The zero-order valence-electron chi connectivity index (χ0n) is 13.0. The first kappa shape index (κ1) is 19.1. The van der Waals surface area contributed by atoms with Crippen molar-refractivity contribution in [3.63, 3.8) is 0 Å². The number of benzene rings is 2. The Balaban J connectivity index is 0.00000264. The van der Waals surface area contributed by atoms with E-state index in [4.69, 9.17) is 5.73 Å². The summed E-state index contributed by atoms with van der Waals surface area (Å²) in [6.07, 6.45) is 0.756. The van der Waals surface area contributed by atoms with Crippen molar-refractivity contribution in [2.75, 3.05) is 0 Å². The summed E-state index contributed by atoms with van der Waals surface area (Å²) in [4.78, 5) is 12.0. The fraction of sp³-hybridized carbons (Fsp3) is 0.278. The van der Waals surface area contributed by atoms with Crippen LogP contribution in [0.5, 0.6) is 0 Å². The van der Waals surface area contributed by atoms with Crippen molar-refractivity contribution in [2.24, 2.45) is 5.73 Å². The van der Waals surface area contributed by atoms with Crippen LogP contribution in [0.25, 0.3) is 0 Å². The van der Waals surface area contributed by atoms with Gasteiger partial charge in [-0.2, -0.15) is 0 Å². The molecule has 0 aliphatic carbocycles. The number of nitrogens with one attached hydrogen (secondary N) is 1. The van der Waals surface area contributed by atoms with Crippen molar-refractivity contribution >= 4 is 18.3 Å². The molecule has 0 aliphatic heterocycles. The smallest absolute Gasteiger partial charge is 0.222 e. The van der Waals surface area contributed by atoms with Gasteiger partial charge in [0, 0.05) is 18.0 Å². The Morgan fingerprint density at radius 3 is 2.35 bits per heavy atom. The van der Waals surface area contributed by atoms with Crippen LogP contribution in [0.1, 0.15) is 30.5 Å². The number of carbonyl (C=O) groups excluding carboxylic acids is 1. The van der Waals surface area contributed by atoms with E-state index < -0.39 is 6.04 Å². The highest BCUT2D eigenvalue weighted by Gasteiger charge is 2.19. The second kappa shape index (κ2) is 9.28. The topological polar surface area (TPSA) is 55.1 Å². The lowest BCUT2D eigenvalue weighted by molar-refractivity contribution is -0.122. The Kier molecular flexibility index (Phi) is 7.72. The van der Waals surface area contributed by atoms with Crippen LogP contribution in [-0.4, -0.2) is 11.9 Å². The second-order valence-electron chi connectivity index (χ2n) is 5.51. The fourth-order valence-electron chi connectivity index (χ4n) is 2.39. The molecule has 0 bridgehead atoms. The first-order valence-electron chi connectivity index (χ1n) is 7.39. The first-order chi connectivity index (χ1) is 10.6. The minimum atomic E-state index is -0.408. The Labute approximate surface area is 142 Å². The molecule has 5 heteroatoms. The summed E-state index contributed by atoms with van der Waals surface area (Å²) in [5.41, 5.74) is 7.18. The van der Waals surface area contributed by atoms with Crippen molar-refractivity contribution < 1.29 is 9.18 Å². The average Bonchev–Trinajstić information content (AvgIpc) is 2.47. The lowest BCUT2D eigenvalue weighted by atomic mass is 9.98. The van der Waals surface area contributed by atoms with Crippen molar-refractivity contribution in [1.29, 1.82) is 0 Å². The summed E-state index contributed by atoms with van der Waals surface area (Å²) in [6, 6.07) is 15.6. The van der Waals surface area contributed by atoms with E-state index >= 15 is 0 Å². The molecule has 0 aliphatic rings. The standard InChI is InChI=1S/C18H21FN2O.ClH/c1-13(20)11-18(22)21-17(12-14-7-3-2-4-8-14)15-9-5-6-10-16(15)19;/h2-10,13,17H,11-12,20H2,1H3,(H,21,22);1H. The van der Waals surface area contributed by atoms with Crippen molar-refractivity contribution in [2.45, 2.75) is 31.8 Å². The van der Waals surface area contributed by atoms with Crippen LogP contribution in [0.3, 0.4) is 0 Å². The van der Waals surface area contributed by atoms with Gasteiger partial charge in [-0.25, -0.2) is 4.39 Å². The van der Waals surface area contributed by atoms with Gasteiger partial charge in [-0.1, -0.05) is 48.5 Å². The summed E-state index contributed by atoms with van der Waals surface area (Å²) >= 11 is 0. The summed E-state index contributed by atoms with van der Waals surface area (Å²) in [6.45, 7) is 1.77. The number of halogens is 2. The van der Waals surface area contributed by atoms with Crippen LogP contribution in [0.4, 0.5) is 4.39 Å². The van der Waals surface area contributed by atoms with Crippen molar-refractivity contribution in [1.82, 2.24) is 5.32 Å². The summed E-state index contributed by atoms with van der Waals surface area (Å²) < 4.78 is 14.1. The van der Waals surface area contributed by atoms with Gasteiger partial charge < -0.3 is 11.1 Å². The molecule has 3 N–H and O–H groups in total. The monoisotopic (exact) mass is 336 g/mol. The maximum absolute atomic E-state index is 14.1. The minimum absolute atomic E-state index is 0. The van der Waals surface area contributed by atoms with E-state index in [0.29, 0.717) is 12.0 Å². The third kappa shape index (κ3) is 6.00. The van der Waals surface area contributed by atoms with E-state index in [9.17, 15) is 9.18 Å². The minimum Gasteiger partial charge on any atom is -0.349 e. The zero-order chi connectivity index (χ0) is 15.9. The van der Waals surface area contributed by atoms with E-state index in [1.165, 1.54) is 6.07 Å². The van der Waals surface area contributed by atoms with Gasteiger partial charge in [0.1, 0.15) is 5.82 Å². The van der Waals surface area contributed by atoms with Crippen LogP contribution >= 0.6 is 12.4 Å². The average molecular weight is 337 g/mol. The molecular weight excluding hydrogens is 315 g/mol. The number of hydrogen-bond donors (Lipinski definition) is 2. The summed E-state index contributed by atoms with van der Waals surface area (Å²) in [5, 5.41) is 2.90. The van der Waals surface area contributed by atoms with Crippen LogP contribution in [-0.2, 0) is 11.2 Å². The Hall–Kier alpha value is -1.91. The molecule has 0 spiro atoms. The van der Waals surface area contributed by atoms with Gasteiger partial charge in [0.05, 0.1) is 6.04 Å². The van der Waals surface area contributed by atoms with E-state index in [2.05, 4.69) is 5.32 Å². The van der Waals surface area contributed by atoms with E-state index in [0.717, 1.165) is 5.56 Å². The molecular formula is C18H22ClFN2O. The molecule has 0 fully saturated rings. The second-order valence-corrected chi connectivity index (χ2v) is 5.51. The van der Waals surface area contributed by atoms with Gasteiger partial charge in [-0.15, -0.1) is 12.4 Å². The van der Waals surface area contributed by atoms with Crippen LogP contribution in [0.15, 0.2) is 54.6 Å². The fourth-order valence-corrected chi connectivity index (χ4v) is 2.39. The lowest BCUT2D eigenvalue weighted by Crippen LogP contribution is -2.34. The molecule has 124 valence electrons. The van der Waals surface area contributed by atoms with Crippen molar-refractivity contribution in [3.05, 3.63) is 71.5 Å². The highest BCUT2D eigenvalue weighted by atomic mass is 35.5. The SMILES string of the molecule is CC(N)CC(=O)NC(Cc1ccccc1)c1ccccc1F.Cl. The summed E-state index contributed by atoms with van der Waals surface area (Å²) in [7, 11) is 0. The summed E-state index contributed by atoms with van der Waals surface area (Å²) in [5.74, 6) is -0.483. The lowest BCUT2D eigenvalue weighted by Gasteiger charge is -2.20. The van der Waals surface area contributed by atoms with E-state index in [-0.39, 0.29) is 36.6 Å². The third-order valence-electron chi connectivity index (χ3n) is 3.41. The van der Waals surface area contributed by atoms with Crippen LogP contribution < -0.4 is 11.1 Å². The highest BCUT2D eigenvalue weighted by molar-refractivity contribution is 5.85. The number of rotatable bonds is 6. The number of amides is 1. The molecule has 2 aromatic carbocycles. The molecule has 2 aromatic rings. The molecule has 1 amide bonds. The maximum atomic E-state index is 14.1. The van der Waals surface area contributed by atoms with Crippen LogP contribution in [0.2, 0.25) is 0 Å². The van der Waals surface area contributed by atoms with Gasteiger partial charge in [0.25, 0.3) is 0 Å².